The molecule has 0 aromatic carbocycles. The van der Waals surface area contributed by atoms with Crippen molar-refractivity contribution in [3.63, 3.8) is 0 Å². The molecule has 1 aliphatic rings. The van der Waals surface area contributed by atoms with E-state index in [1.165, 1.54) is 0 Å². The molecule has 1 fully saturated rings. The zero-order chi connectivity index (χ0) is 13.3. The average Bonchev–Trinajstić information content (AvgIpc) is 2.72. The van der Waals surface area contributed by atoms with Crippen LogP contribution in [0, 0.1) is 0 Å². The van der Waals surface area contributed by atoms with E-state index in [0.29, 0.717) is 23.8 Å². The van der Waals surface area contributed by atoms with E-state index in [-0.39, 0.29) is 18.6 Å². The van der Waals surface area contributed by atoms with Gasteiger partial charge in [0, 0.05) is 19.3 Å². The van der Waals surface area contributed by atoms with E-state index >= 15 is 0 Å². The number of morpholine rings is 1. The van der Waals surface area contributed by atoms with Crippen LogP contribution in [0.1, 0.15) is 24.3 Å². The molecule has 6 heteroatoms. The van der Waals surface area contributed by atoms with Gasteiger partial charge in [-0.3, -0.25) is 4.79 Å². The van der Waals surface area contributed by atoms with Gasteiger partial charge in [0.05, 0.1) is 23.3 Å². The van der Waals surface area contributed by atoms with Gasteiger partial charge in [0.15, 0.2) is 0 Å². The Hall–Kier alpha value is -1.04. The molecule has 0 saturated carbocycles. The standard InChI is InChI=1S/C12H17ClN2O3/c1-12(2)7-15(5-9(6-16)18-12)11(17)10-3-8(13)4-14-10/h3-4,9,14,16H,5-7H2,1-2H3. The number of hydrogen-bond acceptors (Lipinski definition) is 3. The van der Waals surface area contributed by atoms with Gasteiger partial charge in [0.1, 0.15) is 5.69 Å². The number of carbonyl (C=O) groups excluding carboxylic acids is 1. The van der Waals surface area contributed by atoms with Crippen LogP contribution in [0.5, 0.6) is 0 Å². The molecule has 2 N–H and O–H groups in total. The molecule has 1 aromatic rings. The zero-order valence-electron chi connectivity index (χ0n) is 10.4. The molecular weight excluding hydrogens is 256 g/mol. The van der Waals surface area contributed by atoms with Crippen LogP contribution in [0.15, 0.2) is 12.3 Å². The first-order valence-corrected chi connectivity index (χ1v) is 6.21. The van der Waals surface area contributed by atoms with Gasteiger partial charge in [0.25, 0.3) is 5.91 Å². The summed E-state index contributed by atoms with van der Waals surface area (Å²) in [6.45, 7) is 4.57. The van der Waals surface area contributed by atoms with Crippen LogP contribution in [0.25, 0.3) is 0 Å². The molecule has 1 unspecified atom stereocenters. The molecule has 1 aliphatic heterocycles. The van der Waals surface area contributed by atoms with Crippen molar-refractivity contribution in [2.24, 2.45) is 0 Å². The Morgan fingerprint density at radius 1 is 1.72 bits per heavy atom. The summed E-state index contributed by atoms with van der Waals surface area (Å²) in [4.78, 5) is 16.8. The molecule has 0 spiro atoms. The van der Waals surface area contributed by atoms with Crippen LogP contribution in [0.2, 0.25) is 5.02 Å². The molecule has 18 heavy (non-hydrogen) atoms. The van der Waals surface area contributed by atoms with E-state index in [2.05, 4.69) is 4.98 Å². The van der Waals surface area contributed by atoms with E-state index in [1.54, 1.807) is 17.2 Å². The molecule has 1 atom stereocenters. The lowest BCUT2D eigenvalue weighted by molar-refractivity contribution is -0.139. The zero-order valence-corrected chi connectivity index (χ0v) is 11.2. The van der Waals surface area contributed by atoms with Gasteiger partial charge in [-0.05, 0) is 19.9 Å². The largest absolute Gasteiger partial charge is 0.394 e. The van der Waals surface area contributed by atoms with Crippen LogP contribution < -0.4 is 0 Å². The lowest BCUT2D eigenvalue weighted by Gasteiger charge is -2.42. The number of amides is 1. The third-order valence-electron chi connectivity index (χ3n) is 2.85. The number of hydrogen-bond donors (Lipinski definition) is 2. The summed E-state index contributed by atoms with van der Waals surface area (Å²) in [6, 6.07) is 1.60. The van der Waals surface area contributed by atoms with Crippen molar-refractivity contribution in [3.8, 4) is 0 Å². The van der Waals surface area contributed by atoms with E-state index in [4.69, 9.17) is 16.3 Å². The van der Waals surface area contributed by atoms with E-state index in [1.807, 2.05) is 13.8 Å². The lowest BCUT2D eigenvalue weighted by atomic mass is 10.0. The molecule has 1 saturated heterocycles. The maximum Gasteiger partial charge on any atom is 0.270 e. The fourth-order valence-corrected chi connectivity index (χ4v) is 2.37. The highest BCUT2D eigenvalue weighted by molar-refractivity contribution is 6.30. The minimum Gasteiger partial charge on any atom is -0.394 e. The van der Waals surface area contributed by atoms with Crippen LogP contribution in [0.4, 0.5) is 0 Å². The minimum absolute atomic E-state index is 0.0985. The quantitative estimate of drug-likeness (QED) is 0.852. The molecule has 1 amide bonds. The van der Waals surface area contributed by atoms with Crippen LogP contribution in [-0.2, 0) is 4.74 Å². The number of nitrogens with one attached hydrogen (secondary N) is 1. The SMILES string of the molecule is CC1(C)CN(C(=O)c2cc(Cl)c[nH]2)CC(CO)O1. The number of aliphatic hydroxyl groups excluding tert-OH is 1. The Labute approximate surface area is 111 Å². The predicted molar refractivity (Wildman–Crippen MR) is 67.7 cm³/mol. The molecule has 0 bridgehead atoms. The highest BCUT2D eigenvalue weighted by Crippen LogP contribution is 2.22. The Kier molecular flexibility index (Phi) is 3.66. The smallest absolute Gasteiger partial charge is 0.270 e. The second-order valence-electron chi connectivity index (χ2n) is 5.10. The number of aromatic amines is 1. The summed E-state index contributed by atoms with van der Waals surface area (Å²) in [7, 11) is 0. The van der Waals surface area contributed by atoms with Crippen LogP contribution in [0.3, 0.4) is 0 Å². The van der Waals surface area contributed by atoms with Gasteiger partial charge < -0.3 is 19.7 Å². The number of ether oxygens (including phenoxy) is 1. The number of rotatable bonds is 2. The number of halogens is 1. The maximum atomic E-state index is 12.3. The molecule has 2 rings (SSSR count). The fraction of sp³-hybridized carbons (Fsp3) is 0.583. The summed E-state index contributed by atoms with van der Waals surface area (Å²) >= 11 is 5.79. The van der Waals surface area contributed by atoms with Crippen LogP contribution >= 0.6 is 11.6 Å². The second-order valence-corrected chi connectivity index (χ2v) is 5.54. The van der Waals surface area contributed by atoms with Crippen molar-refractivity contribution in [1.82, 2.24) is 9.88 Å². The first kappa shape index (κ1) is 13.4. The topological polar surface area (TPSA) is 65.6 Å². The molecule has 1 aromatic heterocycles. The van der Waals surface area contributed by atoms with Crippen molar-refractivity contribution >= 4 is 17.5 Å². The molecular formula is C12H17ClN2O3. The van der Waals surface area contributed by atoms with Crippen LogP contribution in [-0.4, -0.2) is 52.3 Å². The molecule has 0 aliphatic carbocycles. The Morgan fingerprint density at radius 3 is 3.00 bits per heavy atom. The number of carbonyl (C=O) groups is 1. The number of nitrogens with zero attached hydrogens (tertiary/aromatic N) is 1. The average molecular weight is 273 g/mol. The van der Waals surface area contributed by atoms with Gasteiger partial charge in [-0.25, -0.2) is 0 Å². The summed E-state index contributed by atoms with van der Waals surface area (Å²) in [6.07, 6.45) is 1.23. The first-order chi connectivity index (χ1) is 8.41. The highest BCUT2D eigenvalue weighted by atomic mass is 35.5. The second kappa shape index (κ2) is 4.91. The lowest BCUT2D eigenvalue weighted by Crippen LogP contribution is -2.55. The summed E-state index contributed by atoms with van der Waals surface area (Å²) in [5.74, 6) is -0.128. The monoisotopic (exact) mass is 272 g/mol. The van der Waals surface area contributed by atoms with Gasteiger partial charge in [-0.1, -0.05) is 11.6 Å². The fourth-order valence-electron chi connectivity index (χ4n) is 2.21. The molecule has 2 heterocycles. The minimum atomic E-state index is -0.461. The highest BCUT2D eigenvalue weighted by Gasteiger charge is 2.35. The summed E-state index contributed by atoms with van der Waals surface area (Å²) < 4.78 is 5.66. The number of aromatic nitrogens is 1. The first-order valence-electron chi connectivity index (χ1n) is 5.83. The van der Waals surface area contributed by atoms with Crippen molar-refractivity contribution in [2.45, 2.75) is 25.6 Å². The summed E-state index contributed by atoms with van der Waals surface area (Å²) in [5, 5.41) is 9.71. The molecule has 0 radical (unpaired) electrons. The Balaban J connectivity index is 2.14. The Bertz CT molecular complexity index is 444. The molecule has 100 valence electrons. The number of aliphatic hydroxyl groups is 1. The van der Waals surface area contributed by atoms with Crippen molar-refractivity contribution in [2.75, 3.05) is 19.7 Å². The maximum absolute atomic E-state index is 12.3. The third kappa shape index (κ3) is 2.85. The van der Waals surface area contributed by atoms with Crippen molar-refractivity contribution in [3.05, 3.63) is 23.0 Å². The van der Waals surface area contributed by atoms with Gasteiger partial charge in [0.2, 0.25) is 0 Å². The van der Waals surface area contributed by atoms with E-state index in [0.717, 1.165) is 0 Å². The summed E-state index contributed by atoms with van der Waals surface area (Å²) in [5.41, 5.74) is -0.00748. The normalized spacial score (nSPS) is 23.1. The van der Waals surface area contributed by atoms with Gasteiger partial charge in [-0.15, -0.1) is 0 Å². The van der Waals surface area contributed by atoms with Gasteiger partial charge in [-0.2, -0.15) is 0 Å². The van der Waals surface area contributed by atoms with E-state index in [9.17, 15) is 9.90 Å². The predicted octanol–water partition coefficient (Wildman–Crippen LogP) is 1.28. The van der Waals surface area contributed by atoms with Crippen molar-refractivity contribution in [1.29, 1.82) is 0 Å². The number of H-pyrrole nitrogens is 1. The molecule has 5 nitrogen and oxygen atoms in total. The van der Waals surface area contributed by atoms with Crippen molar-refractivity contribution < 1.29 is 14.6 Å². The van der Waals surface area contributed by atoms with E-state index < -0.39 is 5.60 Å². The Morgan fingerprint density at radius 2 is 2.44 bits per heavy atom. The third-order valence-corrected chi connectivity index (χ3v) is 3.07. The van der Waals surface area contributed by atoms with Gasteiger partial charge >= 0.3 is 0 Å².